The highest BCUT2D eigenvalue weighted by Crippen LogP contribution is 2.26. The molecule has 0 bridgehead atoms. The van der Waals surface area contributed by atoms with Crippen LogP contribution >= 0.6 is 11.5 Å². The molecule has 0 radical (unpaired) electrons. The van der Waals surface area contributed by atoms with Crippen molar-refractivity contribution in [3.05, 3.63) is 72.3 Å². The third kappa shape index (κ3) is 3.64. The summed E-state index contributed by atoms with van der Waals surface area (Å²) in [5.41, 5.74) is 2.69. The Morgan fingerprint density at radius 2 is 1.74 bits per heavy atom. The maximum absolute atomic E-state index is 12.4. The van der Waals surface area contributed by atoms with Gasteiger partial charge in [-0.1, -0.05) is 60.7 Å². The number of rotatable bonds is 5. The van der Waals surface area contributed by atoms with E-state index < -0.39 is 6.10 Å². The summed E-state index contributed by atoms with van der Waals surface area (Å²) < 4.78 is 9.72. The van der Waals surface area contributed by atoms with E-state index in [1.807, 2.05) is 66.7 Å². The Morgan fingerprint density at radius 1 is 1.09 bits per heavy atom. The zero-order valence-electron chi connectivity index (χ0n) is 12.6. The van der Waals surface area contributed by atoms with Crippen molar-refractivity contribution in [1.29, 1.82) is 0 Å². The average Bonchev–Trinajstić information content (AvgIpc) is 3.06. The minimum atomic E-state index is -0.640. The lowest BCUT2D eigenvalue weighted by atomic mass is 10.1. The lowest BCUT2D eigenvalue weighted by molar-refractivity contribution is -0.126. The fraction of sp³-hybridized carbons (Fsp3) is 0.111. The van der Waals surface area contributed by atoms with Gasteiger partial charge in [0.15, 0.2) is 6.10 Å². The summed E-state index contributed by atoms with van der Waals surface area (Å²) in [6.45, 7) is 0. The molecule has 0 aliphatic heterocycles. The number of benzene rings is 2. The van der Waals surface area contributed by atoms with Gasteiger partial charge >= 0.3 is 0 Å². The van der Waals surface area contributed by atoms with E-state index in [4.69, 9.17) is 4.74 Å². The van der Waals surface area contributed by atoms with Gasteiger partial charge in [0.1, 0.15) is 5.00 Å². The fourth-order valence-corrected chi connectivity index (χ4v) is 2.95. The summed E-state index contributed by atoms with van der Waals surface area (Å²) in [6.07, 6.45) is -0.640. The van der Waals surface area contributed by atoms with Gasteiger partial charge in [0.05, 0.1) is 5.69 Å². The summed E-state index contributed by atoms with van der Waals surface area (Å²) >= 11 is 1.26. The van der Waals surface area contributed by atoms with E-state index in [2.05, 4.69) is 9.69 Å². The molecule has 1 amide bonds. The highest BCUT2D eigenvalue weighted by atomic mass is 32.1. The van der Waals surface area contributed by atoms with Gasteiger partial charge in [0, 0.05) is 18.7 Å². The molecule has 3 aromatic rings. The van der Waals surface area contributed by atoms with E-state index in [-0.39, 0.29) is 5.91 Å². The van der Waals surface area contributed by atoms with E-state index in [0.717, 1.165) is 16.8 Å². The second-order valence-electron chi connectivity index (χ2n) is 4.96. The van der Waals surface area contributed by atoms with Gasteiger partial charge in [-0.05, 0) is 17.1 Å². The third-order valence-electron chi connectivity index (χ3n) is 3.40. The number of hydrogen-bond acceptors (Lipinski definition) is 4. The number of nitrogens with zero attached hydrogens (tertiary/aromatic N) is 1. The van der Waals surface area contributed by atoms with Gasteiger partial charge in [-0.3, -0.25) is 4.79 Å². The topological polar surface area (TPSA) is 51.2 Å². The first-order valence-corrected chi connectivity index (χ1v) is 7.96. The Hall–Kier alpha value is -2.50. The van der Waals surface area contributed by atoms with Crippen LogP contribution in [0.2, 0.25) is 0 Å². The molecule has 0 fully saturated rings. The summed E-state index contributed by atoms with van der Waals surface area (Å²) in [5.74, 6) is -0.207. The molecule has 4 nitrogen and oxygen atoms in total. The summed E-state index contributed by atoms with van der Waals surface area (Å²) in [4.78, 5) is 12.4. The van der Waals surface area contributed by atoms with Crippen LogP contribution in [0.15, 0.2) is 66.7 Å². The van der Waals surface area contributed by atoms with Crippen molar-refractivity contribution >= 4 is 22.4 Å². The molecule has 0 saturated heterocycles. The molecule has 23 heavy (non-hydrogen) atoms. The average molecular weight is 324 g/mol. The van der Waals surface area contributed by atoms with E-state index in [9.17, 15) is 4.79 Å². The molecule has 1 N–H and O–H groups in total. The number of methoxy groups -OCH3 is 1. The minimum Gasteiger partial charge on any atom is -0.367 e. The first-order chi connectivity index (χ1) is 11.3. The quantitative estimate of drug-likeness (QED) is 0.767. The SMILES string of the molecule is COC(C(=O)Nc1cc(-c2ccccc2)ns1)c1ccccc1. The van der Waals surface area contributed by atoms with Crippen molar-refractivity contribution in [1.82, 2.24) is 4.37 Å². The molecule has 1 heterocycles. The molecule has 116 valence electrons. The predicted molar refractivity (Wildman–Crippen MR) is 92.4 cm³/mol. The second kappa shape index (κ2) is 7.17. The molecule has 0 saturated carbocycles. The van der Waals surface area contributed by atoms with E-state index in [0.29, 0.717) is 5.00 Å². The number of carbonyl (C=O) groups is 1. The molecule has 5 heteroatoms. The molecule has 0 aliphatic rings. The van der Waals surface area contributed by atoms with E-state index in [1.165, 1.54) is 18.6 Å². The van der Waals surface area contributed by atoms with Crippen molar-refractivity contribution < 1.29 is 9.53 Å². The van der Waals surface area contributed by atoms with Crippen LogP contribution in [0.5, 0.6) is 0 Å². The Morgan fingerprint density at radius 3 is 2.39 bits per heavy atom. The Labute approximate surface area is 138 Å². The number of nitrogens with one attached hydrogen (secondary N) is 1. The molecule has 0 aliphatic carbocycles. The Kier molecular flexibility index (Phi) is 4.80. The first kappa shape index (κ1) is 15.4. The number of amides is 1. The van der Waals surface area contributed by atoms with Crippen molar-refractivity contribution in [3.63, 3.8) is 0 Å². The van der Waals surface area contributed by atoms with Crippen molar-refractivity contribution in [3.8, 4) is 11.3 Å². The zero-order valence-corrected chi connectivity index (χ0v) is 13.4. The normalized spacial score (nSPS) is 11.9. The fourth-order valence-electron chi connectivity index (χ4n) is 2.29. The summed E-state index contributed by atoms with van der Waals surface area (Å²) in [7, 11) is 1.53. The van der Waals surface area contributed by atoms with Crippen LogP contribution in [0.25, 0.3) is 11.3 Å². The second-order valence-corrected chi connectivity index (χ2v) is 5.76. The van der Waals surface area contributed by atoms with Gasteiger partial charge < -0.3 is 10.1 Å². The molecule has 1 unspecified atom stereocenters. The molecular weight excluding hydrogens is 308 g/mol. The largest absolute Gasteiger partial charge is 0.367 e. The molecule has 3 rings (SSSR count). The van der Waals surface area contributed by atoms with Crippen LogP contribution in [-0.2, 0) is 9.53 Å². The Balaban J connectivity index is 1.74. The number of hydrogen-bond donors (Lipinski definition) is 1. The van der Waals surface area contributed by atoms with Crippen LogP contribution in [0.3, 0.4) is 0 Å². The minimum absolute atomic E-state index is 0.207. The molecule has 1 aromatic heterocycles. The smallest absolute Gasteiger partial charge is 0.258 e. The van der Waals surface area contributed by atoms with Gasteiger partial charge in [0.25, 0.3) is 5.91 Å². The summed E-state index contributed by atoms with van der Waals surface area (Å²) in [6, 6.07) is 21.1. The monoisotopic (exact) mass is 324 g/mol. The predicted octanol–water partition coefficient (Wildman–Crippen LogP) is 4.14. The number of anilines is 1. The third-order valence-corrected chi connectivity index (χ3v) is 4.11. The van der Waals surface area contributed by atoms with Crippen molar-refractivity contribution in [2.45, 2.75) is 6.10 Å². The van der Waals surface area contributed by atoms with Gasteiger partial charge in [-0.15, -0.1) is 0 Å². The zero-order chi connectivity index (χ0) is 16.1. The van der Waals surface area contributed by atoms with Crippen LogP contribution in [0, 0.1) is 0 Å². The van der Waals surface area contributed by atoms with Gasteiger partial charge in [-0.25, -0.2) is 0 Å². The van der Waals surface area contributed by atoms with Crippen LogP contribution < -0.4 is 5.32 Å². The highest BCUT2D eigenvalue weighted by molar-refractivity contribution is 7.10. The summed E-state index contributed by atoms with van der Waals surface area (Å²) in [5, 5.41) is 3.57. The molecule has 2 aromatic carbocycles. The lowest BCUT2D eigenvalue weighted by Gasteiger charge is -2.14. The molecular formula is C18H16N2O2S. The highest BCUT2D eigenvalue weighted by Gasteiger charge is 2.20. The van der Waals surface area contributed by atoms with Gasteiger partial charge in [-0.2, -0.15) is 4.37 Å². The van der Waals surface area contributed by atoms with Crippen LogP contribution in [0.1, 0.15) is 11.7 Å². The maximum atomic E-state index is 12.4. The van der Waals surface area contributed by atoms with E-state index >= 15 is 0 Å². The van der Waals surface area contributed by atoms with Crippen molar-refractivity contribution in [2.24, 2.45) is 0 Å². The molecule has 0 spiro atoms. The van der Waals surface area contributed by atoms with E-state index in [1.54, 1.807) is 0 Å². The van der Waals surface area contributed by atoms with Crippen molar-refractivity contribution in [2.75, 3.05) is 12.4 Å². The lowest BCUT2D eigenvalue weighted by Crippen LogP contribution is -2.22. The first-order valence-electron chi connectivity index (χ1n) is 7.18. The Bertz CT molecular complexity index is 772. The van der Waals surface area contributed by atoms with Crippen LogP contribution in [0.4, 0.5) is 5.00 Å². The standard InChI is InChI=1S/C18H16N2O2S/c1-22-17(14-10-6-3-7-11-14)18(21)19-16-12-15(20-23-16)13-8-4-2-5-9-13/h2-12,17H,1H3,(H,19,21). The number of carbonyl (C=O) groups excluding carboxylic acids is 1. The number of ether oxygens (including phenoxy) is 1. The maximum Gasteiger partial charge on any atom is 0.258 e. The molecule has 1 atom stereocenters. The number of aromatic nitrogens is 1. The van der Waals surface area contributed by atoms with Crippen LogP contribution in [-0.4, -0.2) is 17.4 Å². The van der Waals surface area contributed by atoms with Gasteiger partial charge in [0.2, 0.25) is 0 Å².